The highest BCUT2D eigenvalue weighted by Crippen LogP contribution is 2.56. The lowest BCUT2D eigenvalue weighted by atomic mass is 9.66. The largest absolute Gasteiger partial charge is 0.0847 e. The van der Waals surface area contributed by atoms with Gasteiger partial charge in [-0.15, -0.1) is 0 Å². The number of hydrogen-bond donors (Lipinski definition) is 0. The van der Waals surface area contributed by atoms with Crippen LogP contribution in [0.5, 0.6) is 0 Å². The van der Waals surface area contributed by atoms with Crippen molar-refractivity contribution < 1.29 is 0 Å². The van der Waals surface area contributed by atoms with E-state index in [1.807, 2.05) is 0 Å². The normalized spacial score (nSPS) is 35.9. The molecule has 1 spiro atoms. The molecule has 2 rings (SSSR count). The van der Waals surface area contributed by atoms with Crippen molar-refractivity contribution in [1.82, 2.24) is 0 Å². The van der Waals surface area contributed by atoms with Gasteiger partial charge in [-0.2, -0.15) is 0 Å². The highest BCUT2D eigenvalue weighted by atomic mass is 14.5. The van der Waals surface area contributed by atoms with Gasteiger partial charge in [-0.25, -0.2) is 0 Å². The summed E-state index contributed by atoms with van der Waals surface area (Å²) >= 11 is 0. The van der Waals surface area contributed by atoms with Crippen LogP contribution in [0.2, 0.25) is 0 Å². The quantitative estimate of drug-likeness (QED) is 0.494. The van der Waals surface area contributed by atoms with E-state index in [9.17, 15) is 0 Å². The smallest absolute Gasteiger partial charge is 0.00223 e. The van der Waals surface area contributed by atoms with Gasteiger partial charge in [0.1, 0.15) is 0 Å². The minimum absolute atomic E-state index is 0.554. The van der Waals surface area contributed by atoms with Crippen LogP contribution >= 0.6 is 0 Å². The first kappa shape index (κ1) is 11.0. The van der Waals surface area contributed by atoms with Crippen LogP contribution in [-0.4, -0.2) is 0 Å². The molecular weight excluding hydrogens is 180 g/mol. The standard InChI is InChI=1S/C15H24/c1-11(2)14-6-5-13(4)15(14)9-7-12(3)8-10-15/h7,13H,5-6,8-10H2,1-4H3/t13-,15?/m0/s1. The third kappa shape index (κ3) is 1.68. The van der Waals surface area contributed by atoms with E-state index in [0.29, 0.717) is 5.41 Å². The van der Waals surface area contributed by atoms with Crippen molar-refractivity contribution in [3.8, 4) is 0 Å². The van der Waals surface area contributed by atoms with Crippen LogP contribution in [-0.2, 0) is 0 Å². The highest BCUT2D eigenvalue weighted by molar-refractivity contribution is 5.29. The summed E-state index contributed by atoms with van der Waals surface area (Å²) < 4.78 is 0. The molecule has 84 valence electrons. The number of rotatable bonds is 0. The van der Waals surface area contributed by atoms with E-state index in [-0.39, 0.29) is 0 Å². The SMILES string of the molecule is CC1=CCC2(CC1)C(=C(C)C)CC[C@@H]2C. The lowest BCUT2D eigenvalue weighted by molar-refractivity contribution is 0.235. The van der Waals surface area contributed by atoms with Gasteiger partial charge in [0.2, 0.25) is 0 Å². The van der Waals surface area contributed by atoms with Crippen molar-refractivity contribution in [2.75, 3.05) is 0 Å². The first-order valence-corrected chi connectivity index (χ1v) is 6.39. The maximum atomic E-state index is 2.49. The lowest BCUT2D eigenvalue weighted by Gasteiger charge is -2.38. The molecule has 0 nitrogen and oxygen atoms in total. The van der Waals surface area contributed by atoms with Gasteiger partial charge in [0, 0.05) is 0 Å². The molecule has 2 atom stereocenters. The fraction of sp³-hybridized carbons (Fsp3) is 0.733. The Bertz CT molecular complexity index is 315. The predicted octanol–water partition coefficient (Wildman–Crippen LogP) is 4.87. The van der Waals surface area contributed by atoms with Crippen molar-refractivity contribution >= 4 is 0 Å². The third-order valence-electron chi connectivity index (χ3n) is 4.76. The molecule has 0 aliphatic heterocycles. The first-order valence-electron chi connectivity index (χ1n) is 6.39. The molecule has 0 N–H and O–H groups in total. The second-order valence-electron chi connectivity index (χ2n) is 5.83. The van der Waals surface area contributed by atoms with Crippen LogP contribution in [0.3, 0.4) is 0 Å². The molecule has 0 aromatic heterocycles. The fourth-order valence-corrected chi connectivity index (χ4v) is 3.63. The maximum absolute atomic E-state index is 2.49. The van der Waals surface area contributed by atoms with E-state index in [2.05, 4.69) is 33.8 Å². The van der Waals surface area contributed by atoms with Gasteiger partial charge in [-0.3, -0.25) is 0 Å². The highest BCUT2D eigenvalue weighted by Gasteiger charge is 2.44. The predicted molar refractivity (Wildman–Crippen MR) is 66.8 cm³/mol. The molecule has 0 heterocycles. The van der Waals surface area contributed by atoms with Gasteiger partial charge < -0.3 is 0 Å². The van der Waals surface area contributed by atoms with Crippen LogP contribution in [0.1, 0.15) is 59.8 Å². The van der Waals surface area contributed by atoms with Crippen LogP contribution in [0.4, 0.5) is 0 Å². The van der Waals surface area contributed by atoms with Gasteiger partial charge in [-0.05, 0) is 64.2 Å². The second-order valence-corrected chi connectivity index (χ2v) is 5.83. The number of hydrogen-bond acceptors (Lipinski definition) is 0. The van der Waals surface area contributed by atoms with Gasteiger partial charge in [-0.1, -0.05) is 29.7 Å². The van der Waals surface area contributed by atoms with Gasteiger partial charge in [0.25, 0.3) is 0 Å². The number of allylic oxidation sites excluding steroid dienone is 4. The zero-order valence-corrected chi connectivity index (χ0v) is 10.7. The van der Waals surface area contributed by atoms with Crippen molar-refractivity contribution in [2.45, 2.75) is 59.8 Å². The monoisotopic (exact) mass is 204 g/mol. The van der Waals surface area contributed by atoms with Crippen molar-refractivity contribution in [2.24, 2.45) is 11.3 Å². The Morgan fingerprint density at radius 1 is 1.33 bits per heavy atom. The summed E-state index contributed by atoms with van der Waals surface area (Å²) in [6.07, 6.45) is 9.29. The molecule has 2 aliphatic carbocycles. The topological polar surface area (TPSA) is 0 Å². The molecule has 0 radical (unpaired) electrons. The average molecular weight is 204 g/mol. The first-order chi connectivity index (χ1) is 7.06. The molecular formula is C15H24. The molecule has 1 fully saturated rings. The minimum Gasteiger partial charge on any atom is -0.0847 e. The summed E-state index contributed by atoms with van der Waals surface area (Å²) in [6.45, 7) is 9.36. The molecule has 15 heavy (non-hydrogen) atoms. The Morgan fingerprint density at radius 3 is 2.60 bits per heavy atom. The molecule has 1 unspecified atom stereocenters. The van der Waals surface area contributed by atoms with Crippen LogP contribution in [0.15, 0.2) is 22.8 Å². The summed E-state index contributed by atoms with van der Waals surface area (Å²) in [7, 11) is 0. The molecule has 0 bridgehead atoms. The molecule has 0 heteroatoms. The van der Waals surface area contributed by atoms with Crippen LogP contribution in [0, 0.1) is 11.3 Å². The Balaban J connectivity index is 2.36. The van der Waals surface area contributed by atoms with E-state index in [4.69, 9.17) is 0 Å². The van der Waals surface area contributed by atoms with Gasteiger partial charge >= 0.3 is 0 Å². The van der Waals surface area contributed by atoms with Gasteiger partial charge in [0.15, 0.2) is 0 Å². The van der Waals surface area contributed by atoms with Crippen molar-refractivity contribution in [3.05, 3.63) is 22.8 Å². The average Bonchev–Trinajstić information content (AvgIpc) is 2.50. The zero-order valence-electron chi connectivity index (χ0n) is 10.7. The maximum Gasteiger partial charge on any atom is -0.00223 e. The van der Waals surface area contributed by atoms with Crippen molar-refractivity contribution in [1.29, 1.82) is 0 Å². The molecule has 0 amide bonds. The van der Waals surface area contributed by atoms with Crippen LogP contribution in [0.25, 0.3) is 0 Å². The Labute approximate surface area is 94.5 Å². The van der Waals surface area contributed by atoms with Crippen molar-refractivity contribution in [3.63, 3.8) is 0 Å². The molecule has 2 aliphatic rings. The summed E-state index contributed by atoms with van der Waals surface area (Å²) in [5.41, 5.74) is 5.54. The zero-order chi connectivity index (χ0) is 11.1. The Hall–Kier alpha value is -0.520. The molecule has 0 aromatic carbocycles. The second kappa shape index (κ2) is 3.81. The molecule has 0 aromatic rings. The lowest BCUT2D eigenvalue weighted by Crippen LogP contribution is -2.28. The summed E-state index contributed by atoms with van der Waals surface area (Å²) in [6, 6.07) is 0. The Morgan fingerprint density at radius 2 is 2.07 bits per heavy atom. The fourth-order valence-electron chi connectivity index (χ4n) is 3.63. The summed E-state index contributed by atoms with van der Waals surface area (Å²) in [5, 5.41) is 0. The summed E-state index contributed by atoms with van der Waals surface area (Å²) in [4.78, 5) is 0. The van der Waals surface area contributed by atoms with E-state index in [0.717, 1.165) is 5.92 Å². The van der Waals surface area contributed by atoms with E-state index in [1.165, 1.54) is 32.1 Å². The third-order valence-corrected chi connectivity index (χ3v) is 4.76. The molecule has 1 saturated carbocycles. The Kier molecular flexibility index (Phi) is 2.79. The van der Waals surface area contributed by atoms with Gasteiger partial charge in [0.05, 0.1) is 0 Å². The van der Waals surface area contributed by atoms with Crippen LogP contribution < -0.4 is 0 Å². The minimum atomic E-state index is 0.554. The summed E-state index contributed by atoms with van der Waals surface area (Å²) in [5.74, 6) is 0.895. The van der Waals surface area contributed by atoms with E-state index in [1.54, 1.807) is 16.7 Å². The van der Waals surface area contributed by atoms with E-state index < -0.39 is 0 Å². The van der Waals surface area contributed by atoms with E-state index >= 15 is 0 Å². The molecule has 0 saturated heterocycles.